The van der Waals surface area contributed by atoms with Crippen molar-refractivity contribution < 1.29 is 9.90 Å². The number of carboxylic acids is 1. The minimum atomic E-state index is -0.889. The summed E-state index contributed by atoms with van der Waals surface area (Å²) in [5.41, 5.74) is 5.81. The summed E-state index contributed by atoms with van der Waals surface area (Å²) in [4.78, 5) is 19.6. The lowest BCUT2D eigenvalue weighted by atomic mass is 9.94. The number of aromatic nitrogens is 1. The first kappa shape index (κ1) is 18.5. The summed E-state index contributed by atoms with van der Waals surface area (Å²) in [5, 5.41) is 10.9. The zero-order valence-corrected chi connectivity index (χ0v) is 16.7. The second-order valence-corrected chi connectivity index (χ2v) is 8.05. The van der Waals surface area contributed by atoms with E-state index in [4.69, 9.17) is 4.98 Å². The quantitative estimate of drug-likeness (QED) is 0.662. The summed E-state index contributed by atoms with van der Waals surface area (Å²) in [5.74, 6) is -0.219. The van der Waals surface area contributed by atoms with Gasteiger partial charge in [0.1, 0.15) is 0 Å². The summed E-state index contributed by atoms with van der Waals surface area (Å²) in [6.07, 6.45) is 2.14. The van der Waals surface area contributed by atoms with Crippen LogP contribution in [0.3, 0.4) is 0 Å². The van der Waals surface area contributed by atoms with E-state index >= 15 is 0 Å². The minimum absolute atomic E-state index is 0.374. The fraction of sp³-hybridized carbons (Fsp3) is 0.333. The molecule has 1 N–H and O–H groups in total. The van der Waals surface area contributed by atoms with Gasteiger partial charge in [0.05, 0.1) is 22.5 Å². The maximum absolute atomic E-state index is 12.4. The van der Waals surface area contributed by atoms with Gasteiger partial charge in [0.15, 0.2) is 0 Å². The van der Waals surface area contributed by atoms with E-state index in [0.29, 0.717) is 11.5 Å². The van der Waals surface area contributed by atoms with E-state index in [1.54, 1.807) is 0 Å². The lowest BCUT2D eigenvalue weighted by Gasteiger charge is -2.34. The van der Waals surface area contributed by atoms with Crippen molar-refractivity contribution in [3.63, 3.8) is 0 Å². The molecule has 0 bridgehead atoms. The van der Waals surface area contributed by atoms with Crippen LogP contribution < -0.4 is 4.90 Å². The van der Waals surface area contributed by atoms with E-state index in [9.17, 15) is 9.90 Å². The number of pyridine rings is 1. The highest BCUT2D eigenvalue weighted by molar-refractivity contribution is 6.10. The van der Waals surface area contributed by atoms with Crippen LogP contribution in [-0.4, -0.2) is 29.1 Å². The van der Waals surface area contributed by atoms with Crippen LogP contribution in [0.25, 0.3) is 22.2 Å². The summed E-state index contributed by atoms with van der Waals surface area (Å²) < 4.78 is 0. The average molecular weight is 374 g/mol. The van der Waals surface area contributed by atoms with Crippen LogP contribution in [0.1, 0.15) is 41.3 Å². The predicted molar refractivity (Wildman–Crippen MR) is 114 cm³/mol. The van der Waals surface area contributed by atoms with E-state index in [1.807, 2.05) is 37.3 Å². The highest BCUT2D eigenvalue weighted by Crippen LogP contribution is 2.39. The summed E-state index contributed by atoms with van der Waals surface area (Å²) in [6, 6.07) is 14.1. The Balaban J connectivity index is 2.03. The Kier molecular flexibility index (Phi) is 4.80. The zero-order valence-electron chi connectivity index (χ0n) is 16.7. The smallest absolute Gasteiger partial charge is 0.338 e. The molecule has 4 nitrogen and oxygen atoms in total. The number of carboxylic acid groups (broad SMARTS) is 1. The Labute approximate surface area is 165 Å². The molecule has 1 aliphatic rings. The van der Waals surface area contributed by atoms with Crippen LogP contribution in [0.2, 0.25) is 0 Å². The number of aromatic carboxylic acids is 1. The normalized spacial score (nSPS) is 15.2. The third-order valence-electron chi connectivity index (χ3n) is 5.75. The van der Waals surface area contributed by atoms with Gasteiger partial charge in [-0.1, -0.05) is 48.4 Å². The molecule has 0 amide bonds. The van der Waals surface area contributed by atoms with Gasteiger partial charge in [-0.05, 0) is 44.7 Å². The van der Waals surface area contributed by atoms with E-state index in [1.165, 1.54) is 5.56 Å². The topological polar surface area (TPSA) is 53.4 Å². The van der Waals surface area contributed by atoms with E-state index < -0.39 is 5.97 Å². The second-order valence-electron chi connectivity index (χ2n) is 8.05. The molecule has 0 saturated carbocycles. The first-order valence-electron chi connectivity index (χ1n) is 9.93. The number of piperidine rings is 1. The predicted octanol–water partition coefficient (Wildman–Crippen LogP) is 5.45. The number of hydrogen-bond donors (Lipinski definition) is 1. The largest absolute Gasteiger partial charge is 0.478 e. The van der Waals surface area contributed by atoms with Crippen LogP contribution in [0.5, 0.6) is 0 Å². The molecule has 4 rings (SSSR count). The first-order valence-corrected chi connectivity index (χ1v) is 9.93. The van der Waals surface area contributed by atoms with Crippen molar-refractivity contribution >= 4 is 22.6 Å². The van der Waals surface area contributed by atoms with Crippen molar-refractivity contribution in [3.05, 3.63) is 59.2 Å². The Morgan fingerprint density at radius 2 is 1.68 bits per heavy atom. The lowest BCUT2D eigenvalue weighted by Crippen LogP contribution is -2.34. The highest BCUT2D eigenvalue weighted by atomic mass is 16.4. The minimum Gasteiger partial charge on any atom is -0.478 e. The standard InChI is InChI=1S/C24H26N2O2/c1-15-4-7-18(8-5-15)22-23(26-12-10-16(2)11-13-26)21(24(27)28)19-14-17(3)6-9-20(19)25-22/h4-9,14,16H,10-13H2,1-3H3,(H,27,28). The Bertz CT molecular complexity index is 1030. The van der Waals surface area contributed by atoms with E-state index in [2.05, 4.69) is 30.9 Å². The van der Waals surface area contributed by atoms with Crippen molar-refractivity contribution in [3.8, 4) is 11.3 Å². The van der Waals surface area contributed by atoms with Gasteiger partial charge >= 0.3 is 5.97 Å². The van der Waals surface area contributed by atoms with Crippen LogP contribution in [0.15, 0.2) is 42.5 Å². The molecule has 0 unspecified atom stereocenters. The molecule has 0 atom stereocenters. The second kappa shape index (κ2) is 7.27. The van der Waals surface area contributed by atoms with Crippen LogP contribution in [-0.2, 0) is 0 Å². The Hall–Kier alpha value is -2.88. The number of rotatable bonds is 3. The lowest BCUT2D eigenvalue weighted by molar-refractivity contribution is 0.0699. The number of benzene rings is 2. The maximum atomic E-state index is 12.4. The molecule has 2 aromatic carbocycles. The third kappa shape index (κ3) is 3.35. The fourth-order valence-electron chi connectivity index (χ4n) is 4.04. The van der Waals surface area contributed by atoms with Gasteiger partial charge in [-0.15, -0.1) is 0 Å². The van der Waals surface area contributed by atoms with Crippen molar-refractivity contribution in [1.82, 2.24) is 4.98 Å². The van der Waals surface area contributed by atoms with Crippen LogP contribution >= 0.6 is 0 Å². The van der Waals surface area contributed by atoms with Gasteiger partial charge in [0.2, 0.25) is 0 Å². The molecule has 144 valence electrons. The molecule has 0 spiro atoms. The van der Waals surface area contributed by atoms with Gasteiger partial charge in [0.25, 0.3) is 0 Å². The average Bonchev–Trinajstić information content (AvgIpc) is 2.68. The summed E-state index contributed by atoms with van der Waals surface area (Å²) in [7, 11) is 0. The monoisotopic (exact) mass is 374 g/mol. The molecule has 1 fully saturated rings. The van der Waals surface area contributed by atoms with Crippen LogP contribution in [0.4, 0.5) is 5.69 Å². The number of nitrogens with zero attached hydrogens (tertiary/aromatic N) is 2. The van der Waals surface area contributed by atoms with Crippen molar-refractivity contribution in [2.24, 2.45) is 5.92 Å². The van der Waals surface area contributed by atoms with E-state index in [-0.39, 0.29) is 0 Å². The first-order chi connectivity index (χ1) is 13.4. The Morgan fingerprint density at radius 1 is 1.04 bits per heavy atom. The molecule has 1 saturated heterocycles. The number of anilines is 1. The van der Waals surface area contributed by atoms with Crippen molar-refractivity contribution in [1.29, 1.82) is 0 Å². The molecule has 3 aromatic rings. The zero-order chi connectivity index (χ0) is 19.8. The molecule has 0 aliphatic carbocycles. The molecule has 1 aromatic heterocycles. The SMILES string of the molecule is Cc1ccc(-c2nc3ccc(C)cc3c(C(=O)O)c2N2CCC(C)CC2)cc1. The number of hydrogen-bond acceptors (Lipinski definition) is 3. The molecule has 28 heavy (non-hydrogen) atoms. The Morgan fingerprint density at radius 3 is 2.32 bits per heavy atom. The summed E-state index contributed by atoms with van der Waals surface area (Å²) in [6.45, 7) is 8.02. The number of aryl methyl sites for hydroxylation is 2. The van der Waals surface area contributed by atoms with Gasteiger partial charge in [-0.3, -0.25) is 0 Å². The molecule has 4 heteroatoms. The van der Waals surface area contributed by atoms with Crippen molar-refractivity contribution in [2.45, 2.75) is 33.6 Å². The molecular weight excluding hydrogens is 348 g/mol. The van der Waals surface area contributed by atoms with Crippen LogP contribution in [0, 0.1) is 19.8 Å². The van der Waals surface area contributed by atoms with E-state index in [0.717, 1.165) is 59.3 Å². The van der Waals surface area contributed by atoms with Gasteiger partial charge in [-0.2, -0.15) is 0 Å². The molecule has 0 radical (unpaired) electrons. The maximum Gasteiger partial charge on any atom is 0.338 e. The van der Waals surface area contributed by atoms with Gasteiger partial charge in [-0.25, -0.2) is 9.78 Å². The van der Waals surface area contributed by atoms with Crippen molar-refractivity contribution in [2.75, 3.05) is 18.0 Å². The highest BCUT2D eigenvalue weighted by Gasteiger charge is 2.27. The molecule has 2 heterocycles. The fourth-order valence-corrected chi connectivity index (χ4v) is 4.04. The summed E-state index contributed by atoms with van der Waals surface area (Å²) >= 11 is 0. The number of fused-ring (bicyclic) bond motifs is 1. The third-order valence-corrected chi connectivity index (χ3v) is 5.75. The molecular formula is C24H26N2O2. The van der Waals surface area contributed by atoms with Gasteiger partial charge in [0, 0.05) is 24.0 Å². The number of carbonyl (C=O) groups is 1. The van der Waals surface area contributed by atoms with Gasteiger partial charge < -0.3 is 10.0 Å². The molecule has 1 aliphatic heterocycles.